The Morgan fingerprint density at radius 3 is 2.35 bits per heavy atom. The number of benzene rings is 1. The van der Waals surface area contributed by atoms with Crippen molar-refractivity contribution in [2.24, 2.45) is 0 Å². The number of nitrogens with zero attached hydrogens (tertiary/aromatic N) is 3. The molecule has 1 saturated heterocycles. The zero-order chi connectivity index (χ0) is 16.4. The molecule has 1 aromatic carbocycles. The number of piperidine rings is 1. The minimum atomic E-state index is -2.59. The topological polar surface area (TPSA) is 29.0 Å². The van der Waals surface area contributed by atoms with Crippen molar-refractivity contribution in [3.05, 3.63) is 41.1 Å². The molecule has 0 spiro atoms. The van der Waals surface area contributed by atoms with E-state index in [1.165, 1.54) is 18.1 Å². The van der Waals surface area contributed by atoms with Gasteiger partial charge in [0, 0.05) is 18.7 Å². The minimum Gasteiger partial charge on any atom is -0.341 e. The van der Waals surface area contributed by atoms with Crippen LogP contribution >= 0.6 is 0 Å². The quantitative estimate of drug-likeness (QED) is 0.822. The fourth-order valence-corrected chi connectivity index (χ4v) is 2.85. The van der Waals surface area contributed by atoms with Crippen LogP contribution in [0.25, 0.3) is 11.3 Å². The van der Waals surface area contributed by atoms with E-state index in [2.05, 4.69) is 9.97 Å². The average Bonchev–Trinajstić information content (AvgIpc) is 2.57. The van der Waals surface area contributed by atoms with Crippen molar-refractivity contribution in [1.29, 1.82) is 0 Å². The average molecular weight is 317 g/mol. The number of hydrogen-bond donors (Lipinski definition) is 0. The molecule has 5 heteroatoms. The van der Waals surface area contributed by atoms with Crippen molar-refractivity contribution in [3.63, 3.8) is 0 Å². The maximum Gasteiger partial charge on any atom is 0.280 e. The van der Waals surface area contributed by atoms with Crippen LogP contribution in [0.1, 0.15) is 42.5 Å². The largest absolute Gasteiger partial charge is 0.341 e. The number of aryl methyl sites for hydroxylation is 2. The predicted molar refractivity (Wildman–Crippen MR) is 88.0 cm³/mol. The van der Waals surface area contributed by atoms with Gasteiger partial charge in [-0.05, 0) is 56.4 Å². The maximum absolute atomic E-state index is 13.2. The second-order valence-electron chi connectivity index (χ2n) is 6.13. The van der Waals surface area contributed by atoms with Crippen molar-refractivity contribution in [2.45, 2.75) is 39.5 Å². The van der Waals surface area contributed by atoms with Gasteiger partial charge in [0.15, 0.2) is 0 Å². The Kier molecular flexibility index (Phi) is 4.55. The van der Waals surface area contributed by atoms with Gasteiger partial charge in [0.1, 0.15) is 5.69 Å². The van der Waals surface area contributed by atoms with Gasteiger partial charge in [0.2, 0.25) is 5.95 Å². The van der Waals surface area contributed by atoms with E-state index in [0.717, 1.165) is 37.1 Å². The molecule has 0 bridgehead atoms. The summed E-state index contributed by atoms with van der Waals surface area (Å²) in [6.07, 6.45) is 0.698. The predicted octanol–water partition coefficient (Wildman–Crippen LogP) is 4.69. The van der Waals surface area contributed by atoms with E-state index in [-0.39, 0.29) is 5.69 Å². The first-order valence-corrected chi connectivity index (χ1v) is 8.04. The number of halogens is 2. The smallest absolute Gasteiger partial charge is 0.280 e. The minimum absolute atomic E-state index is 0.200. The molecule has 0 aliphatic carbocycles. The summed E-state index contributed by atoms with van der Waals surface area (Å²) < 4.78 is 26.5. The lowest BCUT2D eigenvalue weighted by Gasteiger charge is -2.27. The van der Waals surface area contributed by atoms with Gasteiger partial charge in [0.25, 0.3) is 6.43 Å². The lowest BCUT2D eigenvalue weighted by Crippen LogP contribution is -2.31. The van der Waals surface area contributed by atoms with E-state index >= 15 is 0 Å². The number of rotatable bonds is 3. The second kappa shape index (κ2) is 6.60. The number of alkyl halides is 2. The molecular weight excluding hydrogens is 296 g/mol. The summed E-state index contributed by atoms with van der Waals surface area (Å²) in [7, 11) is 0. The normalized spacial score (nSPS) is 15.3. The van der Waals surface area contributed by atoms with Gasteiger partial charge >= 0.3 is 0 Å². The highest BCUT2D eigenvalue weighted by molar-refractivity contribution is 5.63. The molecule has 0 radical (unpaired) electrons. The molecule has 1 aliphatic rings. The van der Waals surface area contributed by atoms with Crippen LogP contribution in [0.2, 0.25) is 0 Å². The summed E-state index contributed by atoms with van der Waals surface area (Å²) in [5.41, 5.74) is 3.52. The van der Waals surface area contributed by atoms with Gasteiger partial charge in [-0.25, -0.2) is 18.7 Å². The first-order valence-electron chi connectivity index (χ1n) is 8.04. The lowest BCUT2D eigenvalue weighted by molar-refractivity contribution is 0.146. The molecular formula is C18H21F2N3. The summed E-state index contributed by atoms with van der Waals surface area (Å²) in [6.45, 7) is 5.71. The Morgan fingerprint density at radius 1 is 0.957 bits per heavy atom. The molecule has 0 saturated carbocycles. The molecule has 2 heterocycles. The summed E-state index contributed by atoms with van der Waals surface area (Å²) in [5, 5.41) is 0. The van der Waals surface area contributed by atoms with E-state index in [4.69, 9.17) is 0 Å². The Bertz CT molecular complexity index is 695. The van der Waals surface area contributed by atoms with Crippen LogP contribution in [0, 0.1) is 13.8 Å². The molecule has 0 N–H and O–H groups in total. The molecule has 23 heavy (non-hydrogen) atoms. The Balaban J connectivity index is 2.04. The van der Waals surface area contributed by atoms with Gasteiger partial charge in [0.05, 0.1) is 5.69 Å². The highest BCUT2D eigenvalue weighted by Gasteiger charge is 2.19. The SMILES string of the molecule is Cc1ccc(-c2cc(C(F)F)nc(N3CCCCC3)n2)cc1C. The maximum atomic E-state index is 13.2. The van der Waals surface area contributed by atoms with Gasteiger partial charge in [-0.1, -0.05) is 12.1 Å². The van der Waals surface area contributed by atoms with Crippen LogP contribution in [0.4, 0.5) is 14.7 Å². The molecule has 0 atom stereocenters. The van der Waals surface area contributed by atoms with Crippen molar-refractivity contribution in [1.82, 2.24) is 9.97 Å². The van der Waals surface area contributed by atoms with E-state index in [0.29, 0.717) is 11.6 Å². The zero-order valence-corrected chi connectivity index (χ0v) is 13.5. The van der Waals surface area contributed by atoms with Gasteiger partial charge in [-0.2, -0.15) is 0 Å². The summed E-state index contributed by atoms with van der Waals surface area (Å²) in [4.78, 5) is 10.7. The van der Waals surface area contributed by atoms with Crippen LogP contribution in [0.15, 0.2) is 24.3 Å². The van der Waals surface area contributed by atoms with Crippen molar-refractivity contribution < 1.29 is 8.78 Å². The van der Waals surface area contributed by atoms with E-state index < -0.39 is 6.43 Å². The monoisotopic (exact) mass is 317 g/mol. The Hall–Kier alpha value is -2.04. The third-order valence-corrected chi connectivity index (χ3v) is 4.40. The second-order valence-corrected chi connectivity index (χ2v) is 6.13. The summed E-state index contributed by atoms with van der Waals surface area (Å²) >= 11 is 0. The lowest BCUT2D eigenvalue weighted by atomic mass is 10.0. The molecule has 3 nitrogen and oxygen atoms in total. The molecule has 1 aliphatic heterocycles. The van der Waals surface area contributed by atoms with Crippen molar-refractivity contribution in [3.8, 4) is 11.3 Å². The highest BCUT2D eigenvalue weighted by Crippen LogP contribution is 2.28. The van der Waals surface area contributed by atoms with E-state index in [9.17, 15) is 8.78 Å². The fraction of sp³-hybridized carbons (Fsp3) is 0.444. The van der Waals surface area contributed by atoms with E-state index in [1.807, 2.05) is 36.9 Å². The van der Waals surface area contributed by atoms with E-state index in [1.54, 1.807) is 0 Å². The Morgan fingerprint density at radius 2 is 1.70 bits per heavy atom. The number of aromatic nitrogens is 2. The van der Waals surface area contributed by atoms with Crippen LogP contribution in [0.3, 0.4) is 0 Å². The Labute approximate surface area is 135 Å². The fourth-order valence-electron chi connectivity index (χ4n) is 2.85. The highest BCUT2D eigenvalue weighted by atomic mass is 19.3. The van der Waals surface area contributed by atoms with Crippen molar-refractivity contribution in [2.75, 3.05) is 18.0 Å². The molecule has 0 unspecified atom stereocenters. The van der Waals surface area contributed by atoms with Gasteiger partial charge < -0.3 is 4.90 Å². The summed E-state index contributed by atoms with van der Waals surface area (Å²) in [6, 6.07) is 7.32. The standard InChI is InChI=1S/C18H21F2N3/c1-12-6-7-14(10-13(12)2)15-11-16(17(19)20)22-18(21-15)23-8-4-3-5-9-23/h6-7,10-11,17H,3-5,8-9H2,1-2H3. The molecule has 1 aromatic heterocycles. The zero-order valence-electron chi connectivity index (χ0n) is 13.5. The molecule has 2 aromatic rings. The van der Waals surface area contributed by atoms with Crippen LogP contribution in [-0.4, -0.2) is 23.1 Å². The molecule has 1 fully saturated rings. The van der Waals surface area contributed by atoms with Crippen LogP contribution in [-0.2, 0) is 0 Å². The first kappa shape index (κ1) is 15.8. The third kappa shape index (κ3) is 3.49. The molecule has 0 amide bonds. The summed E-state index contributed by atoms with van der Waals surface area (Å²) in [5.74, 6) is 0.427. The van der Waals surface area contributed by atoms with Gasteiger partial charge in [-0.15, -0.1) is 0 Å². The van der Waals surface area contributed by atoms with Gasteiger partial charge in [-0.3, -0.25) is 0 Å². The van der Waals surface area contributed by atoms with Crippen LogP contribution in [0.5, 0.6) is 0 Å². The van der Waals surface area contributed by atoms with Crippen molar-refractivity contribution >= 4 is 5.95 Å². The first-order chi connectivity index (χ1) is 11.0. The molecule has 122 valence electrons. The number of hydrogen-bond acceptors (Lipinski definition) is 3. The number of anilines is 1. The third-order valence-electron chi connectivity index (χ3n) is 4.40. The molecule has 3 rings (SSSR count). The van der Waals surface area contributed by atoms with Crippen LogP contribution < -0.4 is 4.90 Å².